The Kier molecular flexibility index (Phi) is 4.76. The van der Waals surface area contributed by atoms with E-state index in [1.807, 2.05) is 0 Å². The van der Waals surface area contributed by atoms with E-state index in [1.54, 1.807) is 13.8 Å². The summed E-state index contributed by atoms with van der Waals surface area (Å²) in [6.45, 7) is 3.51. The highest BCUT2D eigenvalue weighted by molar-refractivity contribution is 6.16. The highest BCUT2D eigenvalue weighted by Crippen LogP contribution is 2.43. The first-order chi connectivity index (χ1) is 11.0. The minimum absolute atomic E-state index is 0.0479. The number of diazo groups is 1. The van der Waals surface area contributed by atoms with E-state index in [0.717, 1.165) is 0 Å². The Morgan fingerprint density at radius 3 is 1.78 bits per heavy atom. The molecule has 2 rings (SSSR count). The molecule has 0 amide bonds. The van der Waals surface area contributed by atoms with Crippen molar-refractivity contribution in [2.75, 3.05) is 13.2 Å². The number of nitrogens with zero attached hydrogens (tertiary/aromatic N) is 2. The summed E-state index contributed by atoms with van der Waals surface area (Å²) in [5, 5.41) is 18.9. The van der Waals surface area contributed by atoms with Crippen LogP contribution in [0.3, 0.4) is 0 Å². The largest absolute Gasteiger partial charge is 0.508 e. The molecule has 0 fully saturated rings. The summed E-state index contributed by atoms with van der Waals surface area (Å²) in [4.78, 5) is 27.5. The molecule has 7 nitrogen and oxygen atoms in total. The van der Waals surface area contributed by atoms with Gasteiger partial charge in [-0.2, -0.15) is 0 Å². The van der Waals surface area contributed by atoms with Crippen molar-refractivity contribution in [2.24, 2.45) is 0 Å². The number of hydrogen-bond acceptors (Lipinski definition) is 6. The van der Waals surface area contributed by atoms with Gasteiger partial charge in [-0.05, 0) is 38.1 Å². The van der Waals surface area contributed by atoms with Crippen molar-refractivity contribution < 1.29 is 24.2 Å². The Bertz CT molecular complexity index is 723. The molecule has 118 valence electrons. The van der Waals surface area contributed by atoms with Crippen molar-refractivity contribution >= 4 is 17.6 Å². The van der Waals surface area contributed by atoms with E-state index >= 15 is 0 Å². The summed E-state index contributed by atoms with van der Waals surface area (Å²) in [6, 6.07) is 5.63. The van der Waals surface area contributed by atoms with Crippen LogP contribution in [0, 0.1) is 5.39 Å². The van der Waals surface area contributed by atoms with E-state index in [-0.39, 0.29) is 35.8 Å². The fourth-order valence-corrected chi connectivity index (χ4v) is 2.31. The van der Waals surface area contributed by atoms with Gasteiger partial charge in [-0.1, -0.05) is 0 Å². The Morgan fingerprint density at radius 1 is 1.00 bits per heavy atom. The van der Waals surface area contributed by atoms with Gasteiger partial charge >= 0.3 is 17.6 Å². The van der Waals surface area contributed by atoms with Crippen LogP contribution in [0.1, 0.15) is 34.6 Å². The minimum atomic E-state index is -0.730. The smallest absolute Gasteiger partial charge is 0.415 e. The summed E-state index contributed by atoms with van der Waals surface area (Å²) in [5.74, 6) is -1.51. The lowest BCUT2D eigenvalue weighted by Gasteiger charge is -2.00. The quantitative estimate of drug-likeness (QED) is 0.686. The number of carbonyl (C=O) groups excluding carboxylic acids is 2. The molecule has 0 bridgehead atoms. The van der Waals surface area contributed by atoms with Crippen molar-refractivity contribution in [2.45, 2.75) is 13.8 Å². The Morgan fingerprint density at radius 2 is 1.43 bits per heavy atom. The molecule has 7 heteroatoms. The molecule has 2 aliphatic carbocycles. The van der Waals surface area contributed by atoms with E-state index < -0.39 is 11.9 Å². The predicted molar refractivity (Wildman–Crippen MR) is 81.4 cm³/mol. The SMILES string of the molecule is CCOC(=O)c1c2ccc(O)ccc-2c(C(=O)OCC)c1[N+]#N. The van der Waals surface area contributed by atoms with Crippen LogP contribution in [0.15, 0.2) is 24.3 Å². The molecule has 0 radical (unpaired) electrons. The van der Waals surface area contributed by atoms with Gasteiger partial charge in [0, 0.05) is 11.1 Å². The first-order valence-electron chi connectivity index (χ1n) is 7.03. The van der Waals surface area contributed by atoms with E-state index in [9.17, 15) is 20.1 Å². The zero-order valence-corrected chi connectivity index (χ0v) is 12.7. The molecule has 0 aromatic heterocycles. The summed E-state index contributed by atoms with van der Waals surface area (Å²) < 4.78 is 9.94. The van der Waals surface area contributed by atoms with E-state index in [2.05, 4.69) is 4.98 Å². The standard InChI is InChI=1S/C16H14N2O5/c1-3-22-15(20)12-10-7-5-9(19)6-8-11(10)13(14(12)18-17)16(21)23-4-2/h5-8H,3-4H2,1-2H3/p+1. The Hall–Kier alpha value is -3.14. The zero-order valence-electron chi connectivity index (χ0n) is 12.7. The molecule has 0 aromatic carbocycles. The molecule has 0 spiro atoms. The van der Waals surface area contributed by atoms with Crippen LogP contribution in [-0.4, -0.2) is 30.3 Å². The van der Waals surface area contributed by atoms with Gasteiger partial charge in [-0.15, -0.1) is 0 Å². The van der Waals surface area contributed by atoms with Gasteiger partial charge in [0.05, 0.1) is 13.2 Å². The van der Waals surface area contributed by atoms with Crippen LogP contribution in [0.5, 0.6) is 5.75 Å². The molecule has 0 aromatic rings. The van der Waals surface area contributed by atoms with Crippen molar-refractivity contribution in [3.63, 3.8) is 0 Å². The number of ether oxygens (including phenoxy) is 2. The number of esters is 2. The summed E-state index contributed by atoms with van der Waals surface area (Å²) in [6.07, 6.45) is 0. The minimum Gasteiger partial charge on any atom is -0.508 e. The maximum atomic E-state index is 12.2. The first-order valence-corrected chi connectivity index (χ1v) is 7.03. The van der Waals surface area contributed by atoms with Gasteiger partial charge in [0.25, 0.3) is 0 Å². The summed E-state index contributed by atoms with van der Waals surface area (Å²) in [5.41, 5.74) is 0.327. The molecular weight excluding hydrogens is 300 g/mol. The predicted octanol–water partition coefficient (Wildman–Crippen LogP) is 3.33. The molecule has 0 aliphatic heterocycles. The van der Waals surface area contributed by atoms with E-state index in [1.165, 1.54) is 24.3 Å². The van der Waals surface area contributed by atoms with Crippen LogP contribution >= 0.6 is 0 Å². The molecule has 0 heterocycles. The van der Waals surface area contributed by atoms with Crippen LogP contribution in [0.25, 0.3) is 16.1 Å². The lowest BCUT2D eigenvalue weighted by molar-refractivity contribution is 0.0525. The number of rotatable bonds is 4. The molecule has 23 heavy (non-hydrogen) atoms. The second-order valence-electron chi connectivity index (χ2n) is 4.56. The second-order valence-corrected chi connectivity index (χ2v) is 4.56. The maximum Gasteiger partial charge on any atom is 0.415 e. The van der Waals surface area contributed by atoms with Gasteiger partial charge in [-0.25, -0.2) is 9.59 Å². The van der Waals surface area contributed by atoms with Crippen LogP contribution < -0.4 is 0 Å². The monoisotopic (exact) mass is 315 g/mol. The lowest BCUT2D eigenvalue weighted by Crippen LogP contribution is -2.05. The molecule has 0 unspecified atom stereocenters. The summed E-state index contributed by atoms with van der Waals surface area (Å²) >= 11 is 0. The van der Waals surface area contributed by atoms with E-state index in [4.69, 9.17) is 9.47 Å². The molecule has 0 atom stereocenters. The molecule has 0 saturated carbocycles. The number of carbonyl (C=O) groups is 2. The fraction of sp³-hybridized carbons (Fsp3) is 0.250. The third-order valence-corrected chi connectivity index (χ3v) is 3.20. The topological polar surface area (TPSA) is 101 Å². The Labute approximate surface area is 132 Å². The van der Waals surface area contributed by atoms with Crippen molar-refractivity contribution in [1.29, 1.82) is 5.39 Å². The normalized spacial score (nSPS) is 10.1. The van der Waals surface area contributed by atoms with Gasteiger partial charge in [0.15, 0.2) is 16.1 Å². The molecule has 2 aliphatic rings. The van der Waals surface area contributed by atoms with Crippen molar-refractivity contribution in [3.8, 4) is 16.9 Å². The molecule has 1 N–H and O–H groups in total. The number of fused-ring (bicyclic) bond motifs is 1. The maximum absolute atomic E-state index is 12.2. The average molecular weight is 315 g/mol. The van der Waals surface area contributed by atoms with Crippen molar-refractivity contribution in [3.05, 3.63) is 40.4 Å². The van der Waals surface area contributed by atoms with E-state index in [0.29, 0.717) is 11.1 Å². The van der Waals surface area contributed by atoms with Crippen LogP contribution in [0.2, 0.25) is 0 Å². The van der Waals surface area contributed by atoms with Crippen LogP contribution in [0.4, 0.5) is 5.69 Å². The highest BCUT2D eigenvalue weighted by atomic mass is 16.5. The number of aromatic hydroxyl groups is 1. The third-order valence-electron chi connectivity index (χ3n) is 3.20. The van der Waals surface area contributed by atoms with Gasteiger partial charge in [-0.3, -0.25) is 0 Å². The second kappa shape index (κ2) is 6.75. The average Bonchev–Trinajstić information content (AvgIpc) is 2.73. The van der Waals surface area contributed by atoms with Gasteiger partial charge in [0.1, 0.15) is 5.75 Å². The van der Waals surface area contributed by atoms with Gasteiger partial charge in [0.2, 0.25) is 5.39 Å². The van der Waals surface area contributed by atoms with Gasteiger partial charge < -0.3 is 14.6 Å². The first kappa shape index (κ1) is 16.2. The zero-order chi connectivity index (χ0) is 17.0. The van der Waals surface area contributed by atoms with Crippen LogP contribution in [-0.2, 0) is 9.47 Å². The molecule has 0 saturated heterocycles. The highest BCUT2D eigenvalue weighted by Gasteiger charge is 2.40. The fourth-order valence-electron chi connectivity index (χ4n) is 2.31. The number of hydrogen-bond donors (Lipinski definition) is 1. The molecular formula is C16H15N2O5+. The van der Waals surface area contributed by atoms with Crippen molar-refractivity contribution in [1.82, 2.24) is 0 Å². The summed E-state index contributed by atoms with van der Waals surface area (Å²) in [7, 11) is 0. The lowest BCUT2D eigenvalue weighted by atomic mass is 10.1. The third kappa shape index (κ3) is 2.92. The Balaban J connectivity index is 2.82.